The minimum Gasteiger partial charge on any atom is -0.349 e. The number of hydrogen-bond acceptors (Lipinski definition) is 4. The van der Waals surface area contributed by atoms with Crippen molar-refractivity contribution in [2.45, 2.75) is 18.9 Å². The molecule has 0 unspecified atom stereocenters. The fourth-order valence-electron chi connectivity index (χ4n) is 2.63. The third-order valence-electron chi connectivity index (χ3n) is 4.15. The van der Waals surface area contributed by atoms with E-state index in [-0.39, 0.29) is 17.9 Å². The number of carbonyl (C=O) groups is 2. The van der Waals surface area contributed by atoms with Gasteiger partial charge in [-0.2, -0.15) is 5.10 Å². The van der Waals surface area contributed by atoms with Crippen LogP contribution in [0.2, 0.25) is 0 Å². The second kappa shape index (κ2) is 6.79. The maximum atomic E-state index is 12.7. The van der Waals surface area contributed by atoms with E-state index in [4.69, 9.17) is 0 Å². The van der Waals surface area contributed by atoms with E-state index in [1.807, 2.05) is 6.07 Å². The van der Waals surface area contributed by atoms with Crippen LogP contribution in [0.5, 0.6) is 0 Å². The number of benzene rings is 2. The number of rotatable bonds is 5. The second-order valence-electron chi connectivity index (χ2n) is 6.16. The number of aromatic nitrogens is 3. The first-order valence-electron chi connectivity index (χ1n) is 8.38. The molecule has 0 saturated heterocycles. The minimum atomic E-state index is -0.293. The Kier molecular flexibility index (Phi) is 4.18. The summed E-state index contributed by atoms with van der Waals surface area (Å²) in [4.78, 5) is 29.1. The number of para-hydroxylation sites is 1. The number of hydrogen-bond donors (Lipinski definition) is 3. The van der Waals surface area contributed by atoms with Gasteiger partial charge in [0.05, 0.1) is 11.3 Å². The molecular weight excluding hydrogens is 330 g/mol. The molecule has 2 amide bonds. The molecule has 1 aliphatic rings. The summed E-state index contributed by atoms with van der Waals surface area (Å²) in [6.07, 6.45) is 3.43. The number of H-pyrrole nitrogens is 1. The lowest BCUT2D eigenvalue weighted by molar-refractivity contribution is 0.0952. The predicted octanol–water partition coefficient (Wildman–Crippen LogP) is 2.62. The Labute approximate surface area is 149 Å². The van der Waals surface area contributed by atoms with Crippen LogP contribution < -0.4 is 10.6 Å². The van der Waals surface area contributed by atoms with E-state index in [0.29, 0.717) is 22.6 Å². The molecule has 0 atom stereocenters. The van der Waals surface area contributed by atoms with Gasteiger partial charge in [0, 0.05) is 17.2 Å². The van der Waals surface area contributed by atoms with Crippen LogP contribution in [0.25, 0.3) is 11.4 Å². The van der Waals surface area contributed by atoms with Crippen LogP contribution in [0.1, 0.15) is 33.6 Å². The zero-order valence-corrected chi connectivity index (χ0v) is 13.9. The molecule has 3 N–H and O–H groups in total. The number of anilines is 1. The SMILES string of the molecule is O=C(Nc1ccccc1C(=O)NC1CC1)c1cccc(-c2ncn[nH]2)c1. The van der Waals surface area contributed by atoms with Crippen molar-refractivity contribution >= 4 is 17.5 Å². The van der Waals surface area contributed by atoms with Gasteiger partial charge in [-0.1, -0.05) is 24.3 Å². The van der Waals surface area contributed by atoms with Crippen molar-refractivity contribution in [1.82, 2.24) is 20.5 Å². The monoisotopic (exact) mass is 347 g/mol. The summed E-state index contributed by atoms with van der Waals surface area (Å²) in [5, 5.41) is 12.4. The van der Waals surface area contributed by atoms with E-state index in [1.165, 1.54) is 6.33 Å². The molecule has 0 spiro atoms. The molecule has 3 aromatic rings. The van der Waals surface area contributed by atoms with E-state index >= 15 is 0 Å². The summed E-state index contributed by atoms with van der Waals surface area (Å²) in [6, 6.07) is 14.3. The predicted molar refractivity (Wildman–Crippen MR) is 96.7 cm³/mol. The van der Waals surface area contributed by atoms with Crippen molar-refractivity contribution in [2.75, 3.05) is 5.32 Å². The summed E-state index contributed by atoms with van der Waals surface area (Å²) in [7, 11) is 0. The van der Waals surface area contributed by atoms with E-state index in [0.717, 1.165) is 18.4 Å². The Morgan fingerprint density at radius 1 is 1.04 bits per heavy atom. The van der Waals surface area contributed by atoms with Crippen LogP contribution >= 0.6 is 0 Å². The molecule has 0 bridgehead atoms. The number of aromatic amines is 1. The molecule has 0 aliphatic heterocycles. The van der Waals surface area contributed by atoms with Crippen LogP contribution in [-0.2, 0) is 0 Å². The van der Waals surface area contributed by atoms with Gasteiger partial charge in [-0.3, -0.25) is 14.7 Å². The molecule has 130 valence electrons. The molecule has 4 rings (SSSR count). The molecule has 1 aromatic heterocycles. The lowest BCUT2D eigenvalue weighted by atomic mass is 10.1. The second-order valence-corrected chi connectivity index (χ2v) is 6.16. The minimum absolute atomic E-state index is 0.168. The van der Waals surface area contributed by atoms with Gasteiger partial charge in [0.1, 0.15) is 6.33 Å². The number of nitrogens with zero attached hydrogens (tertiary/aromatic N) is 2. The van der Waals surface area contributed by atoms with Gasteiger partial charge in [-0.25, -0.2) is 4.98 Å². The maximum absolute atomic E-state index is 12.7. The number of amides is 2. The van der Waals surface area contributed by atoms with Gasteiger partial charge < -0.3 is 10.6 Å². The van der Waals surface area contributed by atoms with Crippen LogP contribution in [0.4, 0.5) is 5.69 Å². The highest BCUT2D eigenvalue weighted by Crippen LogP contribution is 2.22. The van der Waals surface area contributed by atoms with E-state index in [1.54, 1.807) is 42.5 Å². The molecular formula is C19H17N5O2. The van der Waals surface area contributed by atoms with E-state index < -0.39 is 0 Å². The lowest BCUT2D eigenvalue weighted by Crippen LogP contribution is -2.27. The Bertz CT molecular complexity index is 948. The van der Waals surface area contributed by atoms with Crippen LogP contribution in [-0.4, -0.2) is 33.0 Å². The Morgan fingerprint density at radius 2 is 1.88 bits per heavy atom. The van der Waals surface area contributed by atoms with Gasteiger partial charge in [0.15, 0.2) is 5.82 Å². The zero-order valence-electron chi connectivity index (χ0n) is 13.9. The summed E-state index contributed by atoms with van der Waals surface area (Å²) in [6.45, 7) is 0. The molecule has 7 nitrogen and oxygen atoms in total. The zero-order chi connectivity index (χ0) is 17.9. The highest BCUT2D eigenvalue weighted by atomic mass is 16.2. The Morgan fingerprint density at radius 3 is 2.65 bits per heavy atom. The normalized spacial score (nSPS) is 13.2. The van der Waals surface area contributed by atoms with Crippen LogP contribution in [0.3, 0.4) is 0 Å². The van der Waals surface area contributed by atoms with Crippen molar-refractivity contribution in [2.24, 2.45) is 0 Å². The molecule has 1 heterocycles. The third-order valence-corrected chi connectivity index (χ3v) is 4.15. The van der Waals surface area contributed by atoms with Gasteiger partial charge in [0.25, 0.3) is 11.8 Å². The molecule has 1 aliphatic carbocycles. The number of carbonyl (C=O) groups excluding carboxylic acids is 2. The van der Waals surface area contributed by atoms with Gasteiger partial charge in [-0.05, 0) is 37.1 Å². The standard InChI is InChI=1S/C19H17N5O2/c25-18(13-5-3-4-12(10-13)17-20-11-21-24-17)23-16-7-2-1-6-15(16)19(26)22-14-8-9-14/h1-7,10-11,14H,8-9H2,(H,22,26)(H,23,25)(H,20,21,24). The first kappa shape index (κ1) is 16.0. The lowest BCUT2D eigenvalue weighted by Gasteiger charge is -2.11. The van der Waals surface area contributed by atoms with Crippen molar-refractivity contribution in [3.8, 4) is 11.4 Å². The molecule has 1 saturated carbocycles. The van der Waals surface area contributed by atoms with Crippen molar-refractivity contribution < 1.29 is 9.59 Å². The van der Waals surface area contributed by atoms with Crippen molar-refractivity contribution in [1.29, 1.82) is 0 Å². The van der Waals surface area contributed by atoms with Gasteiger partial charge >= 0.3 is 0 Å². The van der Waals surface area contributed by atoms with Crippen LogP contribution in [0, 0.1) is 0 Å². The van der Waals surface area contributed by atoms with Gasteiger partial charge in [0.2, 0.25) is 0 Å². The smallest absolute Gasteiger partial charge is 0.255 e. The fraction of sp³-hybridized carbons (Fsp3) is 0.158. The quantitative estimate of drug-likeness (QED) is 0.660. The Balaban J connectivity index is 1.55. The summed E-state index contributed by atoms with van der Waals surface area (Å²) >= 11 is 0. The molecule has 1 fully saturated rings. The largest absolute Gasteiger partial charge is 0.349 e. The third kappa shape index (κ3) is 3.46. The average Bonchev–Trinajstić information content (AvgIpc) is 3.31. The van der Waals surface area contributed by atoms with Crippen molar-refractivity contribution in [3.05, 3.63) is 66.0 Å². The van der Waals surface area contributed by atoms with E-state index in [2.05, 4.69) is 25.8 Å². The highest BCUT2D eigenvalue weighted by Gasteiger charge is 2.25. The fourth-order valence-corrected chi connectivity index (χ4v) is 2.63. The average molecular weight is 347 g/mol. The van der Waals surface area contributed by atoms with E-state index in [9.17, 15) is 9.59 Å². The summed E-state index contributed by atoms with van der Waals surface area (Å²) in [5.41, 5.74) is 2.17. The molecule has 26 heavy (non-hydrogen) atoms. The molecule has 0 radical (unpaired) electrons. The first-order chi connectivity index (χ1) is 12.7. The number of nitrogens with one attached hydrogen (secondary N) is 3. The summed E-state index contributed by atoms with van der Waals surface area (Å²) in [5.74, 6) is 0.126. The van der Waals surface area contributed by atoms with Gasteiger partial charge in [-0.15, -0.1) is 0 Å². The first-order valence-corrected chi connectivity index (χ1v) is 8.38. The molecule has 2 aromatic carbocycles. The topological polar surface area (TPSA) is 99.8 Å². The van der Waals surface area contributed by atoms with Crippen molar-refractivity contribution in [3.63, 3.8) is 0 Å². The highest BCUT2D eigenvalue weighted by molar-refractivity contribution is 6.09. The summed E-state index contributed by atoms with van der Waals surface area (Å²) < 4.78 is 0. The maximum Gasteiger partial charge on any atom is 0.255 e. The Hall–Kier alpha value is -3.48. The van der Waals surface area contributed by atoms with Crippen LogP contribution in [0.15, 0.2) is 54.9 Å². The molecule has 7 heteroatoms.